The number of hydrogen-bond donors (Lipinski definition) is 1. The summed E-state index contributed by atoms with van der Waals surface area (Å²) >= 11 is 0. The van der Waals surface area contributed by atoms with Crippen LogP contribution in [-0.4, -0.2) is 9.55 Å². The van der Waals surface area contributed by atoms with Crippen molar-refractivity contribution in [1.82, 2.24) is 9.55 Å². The molecule has 0 fully saturated rings. The fourth-order valence-corrected chi connectivity index (χ4v) is 5.32. The molecule has 2 nitrogen and oxygen atoms in total. The van der Waals surface area contributed by atoms with Gasteiger partial charge < -0.3 is 9.55 Å². The van der Waals surface area contributed by atoms with E-state index in [1.165, 1.54) is 49.7 Å². The SMILES string of the molecule is C1=CC2C=Cc3c(n(-c4ccccc4)c4cc5[nH]c6ccccc6c5cc34)C2C=C1. The fraction of sp³-hybridized carbons (Fsp3) is 0.0714. The molecule has 2 aromatic heterocycles. The summed E-state index contributed by atoms with van der Waals surface area (Å²) in [6.07, 6.45) is 13.7. The van der Waals surface area contributed by atoms with Crippen molar-refractivity contribution in [2.75, 3.05) is 0 Å². The minimum atomic E-state index is 0.359. The van der Waals surface area contributed by atoms with Crippen LogP contribution >= 0.6 is 0 Å². The zero-order valence-corrected chi connectivity index (χ0v) is 16.4. The van der Waals surface area contributed by atoms with E-state index < -0.39 is 0 Å². The van der Waals surface area contributed by atoms with Crippen LogP contribution in [0.4, 0.5) is 0 Å². The van der Waals surface area contributed by atoms with Gasteiger partial charge in [-0.05, 0) is 30.3 Å². The molecule has 1 N–H and O–H groups in total. The third-order valence-corrected chi connectivity index (χ3v) is 6.66. The Morgan fingerprint density at radius 3 is 2.47 bits per heavy atom. The number of benzene rings is 3. The maximum atomic E-state index is 3.63. The highest BCUT2D eigenvalue weighted by Crippen LogP contribution is 2.45. The minimum absolute atomic E-state index is 0.359. The third kappa shape index (κ3) is 2.08. The maximum absolute atomic E-state index is 3.63. The maximum Gasteiger partial charge on any atom is 0.0559 e. The molecule has 2 unspecified atom stereocenters. The van der Waals surface area contributed by atoms with Gasteiger partial charge in [0.25, 0.3) is 0 Å². The van der Waals surface area contributed by atoms with Gasteiger partial charge in [-0.15, -0.1) is 0 Å². The Bertz CT molecular complexity index is 1540. The van der Waals surface area contributed by atoms with E-state index in [-0.39, 0.29) is 0 Å². The second-order valence-electron chi connectivity index (χ2n) is 8.29. The first kappa shape index (κ1) is 16.1. The van der Waals surface area contributed by atoms with Crippen molar-refractivity contribution in [2.45, 2.75) is 5.92 Å². The molecule has 0 bridgehead atoms. The second kappa shape index (κ2) is 5.87. The third-order valence-electron chi connectivity index (χ3n) is 6.66. The quantitative estimate of drug-likeness (QED) is 0.318. The predicted molar refractivity (Wildman–Crippen MR) is 126 cm³/mol. The fourth-order valence-electron chi connectivity index (χ4n) is 5.32. The Morgan fingerprint density at radius 1 is 0.700 bits per heavy atom. The lowest BCUT2D eigenvalue weighted by atomic mass is 9.80. The smallest absolute Gasteiger partial charge is 0.0559 e. The van der Waals surface area contributed by atoms with E-state index in [9.17, 15) is 0 Å². The topological polar surface area (TPSA) is 20.7 Å². The first-order valence-corrected chi connectivity index (χ1v) is 10.6. The summed E-state index contributed by atoms with van der Waals surface area (Å²) in [6.45, 7) is 0. The summed E-state index contributed by atoms with van der Waals surface area (Å²) in [6, 6.07) is 24.1. The highest BCUT2D eigenvalue weighted by atomic mass is 15.0. The number of nitrogens with one attached hydrogen (secondary N) is 1. The van der Waals surface area contributed by atoms with Crippen LogP contribution in [0, 0.1) is 5.92 Å². The van der Waals surface area contributed by atoms with E-state index in [1.807, 2.05) is 0 Å². The zero-order chi connectivity index (χ0) is 19.7. The summed E-state index contributed by atoms with van der Waals surface area (Å²) < 4.78 is 2.47. The van der Waals surface area contributed by atoms with Crippen LogP contribution in [0.2, 0.25) is 0 Å². The van der Waals surface area contributed by atoms with E-state index in [0.29, 0.717) is 11.8 Å². The van der Waals surface area contributed by atoms with Gasteiger partial charge in [0.1, 0.15) is 0 Å². The van der Waals surface area contributed by atoms with Gasteiger partial charge in [-0.25, -0.2) is 0 Å². The van der Waals surface area contributed by atoms with Crippen molar-refractivity contribution < 1.29 is 0 Å². The number of fused-ring (bicyclic) bond motifs is 8. The molecule has 7 rings (SSSR count). The molecule has 2 atom stereocenters. The van der Waals surface area contributed by atoms with Gasteiger partial charge in [0, 0.05) is 56.0 Å². The standard InChI is InChI=1S/C28H20N2/c1-2-9-19(10-3-1)30-27-17-26-23(21-12-6-7-13-25(21)29-26)16-24(27)22-15-14-18-8-4-5-11-20(18)28(22)30/h1-18,20,29H. The molecule has 2 aliphatic carbocycles. The Morgan fingerprint density at radius 2 is 1.53 bits per heavy atom. The normalized spacial score (nSPS) is 19.6. The van der Waals surface area contributed by atoms with E-state index in [1.54, 1.807) is 0 Å². The summed E-state index contributed by atoms with van der Waals surface area (Å²) in [5, 5.41) is 3.90. The Kier molecular flexibility index (Phi) is 3.14. The van der Waals surface area contributed by atoms with Gasteiger partial charge in [-0.3, -0.25) is 0 Å². The number of H-pyrrole nitrogens is 1. The van der Waals surface area contributed by atoms with Crippen molar-refractivity contribution in [1.29, 1.82) is 0 Å². The number of rotatable bonds is 1. The molecule has 0 aliphatic heterocycles. The molecule has 0 spiro atoms. The van der Waals surface area contributed by atoms with Crippen LogP contribution in [-0.2, 0) is 0 Å². The van der Waals surface area contributed by atoms with E-state index in [0.717, 1.165) is 0 Å². The van der Waals surface area contributed by atoms with Crippen LogP contribution in [0.3, 0.4) is 0 Å². The molecule has 0 saturated heterocycles. The highest BCUT2D eigenvalue weighted by Gasteiger charge is 2.30. The van der Waals surface area contributed by atoms with Gasteiger partial charge >= 0.3 is 0 Å². The molecule has 0 radical (unpaired) electrons. The second-order valence-corrected chi connectivity index (χ2v) is 8.29. The Hall–Kier alpha value is -3.78. The van der Waals surface area contributed by atoms with Crippen molar-refractivity contribution >= 4 is 38.8 Å². The zero-order valence-electron chi connectivity index (χ0n) is 16.4. The minimum Gasteiger partial charge on any atom is -0.354 e. The van der Waals surface area contributed by atoms with Crippen molar-refractivity contribution in [3.8, 4) is 5.69 Å². The molecule has 0 amide bonds. The highest BCUT2D eigenvalue weighted by molar-refractivity contribution is 6.13. The van der Waals surface area contributed by atoms with Crippen LogP contribution < -0.4 is 0 Å². The molecular formula is C28H20N2. The number of allylic oxidation sites excluding steroid dienone is 5. The monoisotopic (exact) mass is 384 g/mol. The summed E-state index contributed by atoms with van der Waals surface area (Å²) in [4.78, 5) is 3.63. The average Bonchev–Trinajstić information content (AvgIpc) is 3.33. The summed E-state index contributed by atoms with van der Waals surface area (Å²) in [7, 11) is 0. The lowest BCUT2D eigenvalue weighted by Crippen LogP contribution is -2.16. The van der Waals surface area contributed by atoms with E-state index in [4.69, 9.17) is 0 Å². The van der Waals surface area contributed by atoms with E-state index in [2.05, 4.69) is 113 Å². The molecule has 2 aliphatic rings. The van der Waals surface area contributed by atoms with Crippen LogP contribution in [0.5, 0.6) is 0 Å². The first-order chi connectivity index (χ1) is 14.9. The largest absolute Gasteiger partial charge is 0.354 e. The molecule has 5 aromatic rings. The first-order valence-electron chi connectivity index (χ1n) is 10.6. The van der Waals surface area contributed by atoms with Crippen LogP contribution in [0.15, 0.2) is 97.1 Å². The number of nitrogens with zero attached hydrogens (tertiary/aromatic N) is 1. The molecule has 2 heteroatoms. The van der Waals surface area contributed by atoms with Gasteiger partial charge in [0.2, 0.25) is 0 Å². The lowest BCUT2D eigenvalue weighted by Gasteiger charge is -2.27. The summed E-state index contributed by atoms with van der Waals surface area (Å²) in [5.41, 5.74) is 7.60. The number of aromatic amines is 1. The van der Waals surface area contributed by atoms with Gasteiger partial charge in [-0.1, -0.05) is 72.9 Å². The lowest BCUT2D eigenvalue weighted by molar-refractivity contribution is 0.661. The van der Waals surface area contributed by atoms with Crippen molar-refractivity contribution in [3.05, 3.63) is 108 Å². The van der Waals surface area contributed by atoms with Gasteiger partial charge in [0.05, 0.1) is 5.52 Å². The Balaban J connectivity index is 1.65. The molecule has 3 aromatic carbocycles. The molecular weight excluding hydrogens is 364 g/mol. The van der Waals surface area contributed by atoms with Gasteiger partial charge in [-0.2, -0.15) is 0 Å². The van der Waals surface area contributed by atoms with E-state index >= 15 is 0 Å². The van der Waals surface area contributed by atoms with Gasteiger partial charge in [0.15, 0.2) is 0 Å². The predicted octanol–water partition coefficient (Wildman–Crippen LogP) is 7.12. The number of para-hydroxylation sites is 2. The number of aromatic nitrogens is 2. The number of hydrogen-bond acceptors (Lipinski definition) is 0. The molecule has 0 saturated carbocycles. The molecule has 30 heavy (non-hydrogen) atoms. The van der Waals surface area contributed by atoms with Crippen molar-refractivity contribution in [2.24, 2.45) is 5.92 Å². The average molecular weight is 384 g/mol. The van der Waals surface area contributed by atoms with Crippen LogP contribution in [0.1, 0.15) is 17.2 Å². The molecule has 2 heterocycles. The summed E-state index contributed by atoms with van der Waals surface area (Å²) in [5.74, 6) is 0.776. The molecule has 142 valence electrons. The van der Waals surface area contributed by atoms with Crippen LogP contribution in [0.25, 0.3) is 44.5 Å². The van der Waals surface area contributed by atoms with Crippen molar-refractivity contribution in [3.63, 3.8) is 0 Å². The Labute approximate surface area is 174 Å².